The minimum atomic E-state index is -0.324. The Morgan fingerprint density at radius 3 is 2.56 bits per heavy atom. The predicted octanol–water partition coefficient (Wildman–Crippen LogP) is 2.77. The van der Waals surface area contributed by atoms with Crippen LogP contribution in [0.25, 0.3) is 0 Å². The van der Waals surface area contributed by atoms with Crippen LogP contribution in [0.2, 0.25) is 0 Å². The van der Waals surface area contributed by atoms with Gasteiger partial charge in [0.2, 0.25) is 0 Å². The van der Waals surface area contributed by atoms with Crippen LogP contribution in [0.1, 0.15) is 24.9 Å². The second-order valence-corrected chi connectivity index (χ2v) is 4.53. The summed E-state index contributed by atoms with van der Waals surface area (Å²) in [5, 5.41) is 3.21. The van der Waals surface area contributed by atoms with Gasteiger partial charge in [-0.3, -0.25) is 0 Å². The summed E-state index contributed by atoms with van der Waals surface area (Å²) in [5.74, 6) is 0.366. The number of hydrogen-bond donors (Lipinski definition) is 1. The van der Waals surface area contributed by atoms with Crippen LogP contribution in [-0.2, 0) is 4.74 Å². The van der Waals surface area contributed by atoms with Gasteiger partial charge in [-0.05, 0) is 37.1 Å². The lowest BCUT2D eigenvalue weighted by atomic mass is 9.96. The highest BCUT2D eigenvalue weighted by atomic mass is 19.1. The lowest BCUT2D eigenvalue weighted by Gasteiger charge is -2.21. The molecule has 1 rings (SSSR count). The zero-order valence-electron chi connectivity index (χ0n) is 11.5. The van der Waals surface area contributed by atoms with Crippen molar-refractivity contribution in [3.8, 4) is 5.75 Å². The molecule has 102 valence electrons. The molecule has 0 spiro atoms. The fourth-order valence-corrected chi connectivity index (χ4v) is 2.07. The first kappa shape index (κ1) is 14.9. The van der Waals surface area contributed by atoms with E-state index < -0.39 is 0 Å². The van der Waals surface area contributed by atoms with Gasteiger partial charge in [0.05, 0.1) is 7.11 Å². The normalized spacial score (nSPS) is 14.3. The van der Waals surface area contributed by atoms with Crippen molar-refractivity contribution in [1.82, 2.24) is 5.32 Å². The molecule has 1 aromatic rings. The Morgan fingerprint density at radius 2 is 2.06 bits per heavy atom. The monoisotopic (exact) mass is 255 g/mol. The van der Waals surface area contributed by atoms with E-state index in [0.717, 1.165) is 12.0 Å². The topological polar surface area (TPSA) is 30.5 Å². The largest absolute Gasteiger partial charge is 0.494 e. The highest BCUT2D eigenvalue weighted by Crippen LogP contribution is 2.25. The van der Waals surface area contributed by atoms with E-state index >= 15 is 0 Å². The van der Waals surface area contributed by atoms with Crippen LogP contribution in [-0.4, -0.2) is 27.9 Å². The van der Waals surface area contributed by atoms with Crippen molar-refractivity contribution in [2.24, 2.45) is 5.92 Å². The molecule has 1 N–H and O–H groups in total. The molecule has 3 nitrogen and oxygen atoms in total. The molecule has 2 atom stereocenters. The van der Waals surface area contributed by atoms with Crippen LogP contribution in [0.4, 0.5) is 4.39 Å². The van der Waals surface area contributed by atoms with Crippen molar-refractivity contribution in [2.75, 3.05) is 27.9 Å². The summed E-state index contributed by atoms with van der Waals surface area (Å²) in [6, 6.07) is 5.20. The molecule has 0 radical (unpaired) electrons. The Kier molecular flexibility index (Phi) is 6.09. The molecule has 0 saturated heterocycles. The average molecular weight is 255 g/mol. The molecule has 0 saturated carbocycles. The van der Waals surface area contributed by atoms with Crippen LogP contribution in [0.15, 0.2) is 18.2 Å². The summed E-state index contributed by atoms with van der Waals surface area (Å²) in [6.45, 7) is 2.82. The van der Waals surface area contributed by atoms with Gasteiger partial charge in [0.15, 0.2) is 11.6 Å². The van der Waals surface area contributed by atoms with Crippen molar-refractivity contribution in [3.63, 3.8) is 0 Å². The molecule has 0 heterocycles. The van der Waals surface area contributed by atoms with Crippen molar-refractivity contribution < 1.29 is 13.9 Å². The standard InChI is InChI=1S/C14H22FNO2/c1-10(9-17-3)7-13(16-2)11-5-6-14(18-4)12(15)8-11/h5-6,8,10,13,16H,7,9H2,1-4H3. The fourth-order valence-electron chi connectivity index (χ4n) is 2.07. The van der Waals surface area contributed by atoms with Crippen LogP contribution in [0.5, 0.6) is 5.75 Å². The van der Waals surface area contributed by atoms with Gasteiger partial charge < -0.3 is 14.8 Å². The van der Waals surface area contributed by atoms with E-state index in [1.807, 2.05) is 13.1 Å². The van der Waals surface area contributed by atoms with Gasteiger partial charge >= 0.3 is 0 Å². The number of hydrogen-bond acceptors (Lipinski definition) is 3. The van der Waals surface area contributed by atoms with Gasteiger partial charge in [-0.1, -0.05) is 13.0 Å². The fraction of sp³-hybridized carbons (Fsp3) is 0.571. The third-order valence-corrected chi connectivity index (χ3v) is 3.02. The van der Waals surface area contributed by atoms with E-state index in [9.17, 15) is 4.39 Å². The smallest absolute Gasteiger partial charge is 0.165 e. The zero-order valence-corrected chi connectivity index (χ0v) is 11.5. The Hall–Kier alpha value is -1.13. The zero-order chi connectivity index (χ0) is 13.5. The molecule has 0 aliphatic heterocycles. The van der Waals surface area contributed by atoms with Gasteiger partial charge in [0.25, 0.3) is 0 Å². The molecule has 0 aliphatic carbocycles. The van der Waals surface area contributed by atoms with E-state index in [1.54, 1.807) is 13.2 Å². The average Bonchev–Trinajstić information content (AvgIpc) is 2.36. The third-order valence-electron chi connectivity index (χ3n) is 3.02. The molecule has 18 heavy (non-hydrogen) atoms. The molecule has 0 aromatic heterocycles. The van der Waals surface area contributed by atoms with E-state index in [2.05, 4.69) is 12.2 Å². The van der Waals surface area contributed by atoms with Gasteiger partial charge in [0, 0.05) is 19.8 Å². The van der Waals surface area contributed by atoms with Crippen molar-refractivity contribution in [2.45, 2.75) is 19.4 Å². The van der Waals surface area contributed by atoms with Gasteiger partial charge in [-0.25, -0.2) is 4.39 Å². The molecule has 4 heteroatoms. The number of benzene rings is 1. The lowest BCUT2D eigenvalue weighted by Crippen LogP contribution is -2.20. The minimum absolute atomic E-state index is 0.121. The lowest BCUT2D eigenvalue weighted by molar-refractivity contribution is 0.150. The predicted molar refractivity (Wildman–Crippen MR) is 70.4 cm³/mol. The summed E-state index contributed by atoms with van der Waals surface area (Å²) in [5.41, 5.74) is 0.929. The molecular formula is C14H22FNO2. The van der Waals surface area contributed by atoms with E-state index in [1.165, 1.54) is 13.2 Å². The van der Waals surface area contributed by atoms with E-state index in [-0.39, 0.29) is 17.6 Å². The maximum atomic E-state index is 13.7. The van der Waals surface area contributed by atoms with Crippen LogP contribution in [0, 0.1) is 11.7 Å². The maximum absolute atomic E-state index is 13.7. The number of methoxy groups -OCH3 is 2. The number of halogens is 1. The van der Waals surface area contributed by atoms with Crippen molar-refractivity contribution in [3.05, 3.63) is 29.6 Å². The van der Waals surface area contributed by atoms with Gasteiger partial charge in [-0.15, -0.1) is 0 Å². The quantitative estimate of drug-likeness (QED) is 0.812. The number of rotatable bonds is 7. The SMILES string of the molecule is CNC(CC(C)COC)c1ccc(OC)c(F)c1. The summed E-state index contributed by atoms with van der Waals surface area (Å²) in [6.07, 6.45) is 0.899. The first-order chi connectivity index (χ1) is 8.62. The summed E-state index contributed by atoms with van der Waals surface area (Å²) >= 11 is 0. The van der Waals surface area contributed by atoms with Crippen LogP contribution in [0.3, 0.4) is 0 Å². The van der Waals surface area contributed by atoms with Crippen molar-refractivity contribution in [1.29, 1.82) is 0 Å². The van der Waals surface area contributed by atoms with Crippen molar-refractivity contribution >= 4 is 0 Å². The molecule has 0 bridgehead atoms. The first-order valence-electron chi connectivity index (χ1n) is 6.12. The number of ether oxygens (including phenoxy) is 2. The van der Waals surface area contributed by atoms with Crippen LogP contribution >= 0.6 is 0 Å². The van der Waals surface area contributed by atoms with Crippen LogP contribution < -0.4 is 10.1 Å². The summed E-state index contributed by atoms with van der Waals surface area (Å²) in [4.78, 5) is 0. The molecule has 0 aliphatic rings. The molecule has 0 fully saturated rings. The van der Waals surface area contributed by atoms with E-state index in [4.69, 9.17) is 9.47 Å². The second kappa shape index (κ2) is 7.34. The molecule has 2 unspecified atom stereocenters. The highest BCUT2D eigenvalue weighted by molar-refractivity contribution is 5.31. The van der Waals surface area contributed by atoms with Gasteiger partial charge in [0.1, 0.15) is 0 Å². The Balaban J connectivity index is 2.78. The minimum Gasteiger partial charge on any atom is -0.494 e. The second-order valence-electron chi connectivity index (χ2n) is 4.53. The Labute approximate surface area is 108 Å². The van der Waals surface area contributed by atoms with E-state index in [0.29, 0.717) is 12.5 Å². The first-order valence-corrected chi connectivity index (χ1v) is 6.12. The summed E-state index contributed by atoms with van der Waals surface area (Å²) in [7, 11) is 5.04. The Morgan fingerprint density at radius 1 is 1.33 bits per heavy atom. The molecule has 1 aromatic carbocycles. The number of nitrogens with one attached hydrogen (secondary N) is 1. The molecular weight excluding hydrogens is 233 g/mol. The molecule has 0 amide bonds. The Bertz CT molecular complexity index is 371. The highest BCUT2D eigenvalue weighted by Gasteiger charge is 2.15. The summed E-state index contributed by atoms with van der Waals surface area (Å²) < 4.78 is 23.7. The van der Waals surface area contributed by atoms with Gasteiger partial charge in [-0.2, -0.15) is 0 Å². The third kappa shape index (κ3) is 3.96. The maximum Gasteiger partial charge on any atom is 0.165 e.